The van der Waals surface area contributed by atoms with Gasteiger partial charge >= 0.3 is 6.09 Å². The number of benzene rings is 1. The van der Waals surface area contributed by atoms with E-state index in [0.29, 0.717) is 35.7 Å². The molecule has 0 unspecified atom stereocenters. The average Bonchev–Trinajstić information content (AvgIpc) is 2.65. The summed E-state index contributed by atoms with van der Waals surface area (Å²) in [7, 11) is 0. The van der Waals surface area contributed by atoms with Crippen LogP contribution in [0, 0.1) is 20.8 Å². The Balaban J connectivity index is 2.02. The van der Waals surface area contributed by atoms with Gasteiger partial charge in [-0.3, -0.25) is 9.59 Å². The Morgan fingerprint density at radius 1 is 1.17 bits per heavy atom. The van der Waals surface area contributed by atoms with Crippen molar-refractivity contribution in [3.05, 3.63) is 67.1 Å². The van der Waals surface area contributed by atoms with Crippen LogP contribution in [-0.2, 0) is 17.8 Å². The molecule has 162 valence electrons. The number of primary amides is 1. The maximum Gasteiger partial charge on any atom is 0.404 e. The fourth-order valence-electron chi connectivity index (χ4n) is 3.11. The number of aromatic nitrogens is 1. The quantitative estimate of drug-likeness (QED) is 0.451. The molecule has 0 bridgehead atoms. The highest BCUT2D eigenvalue weighted by molar-refractivity contribution is 6.31. The summed E-state index contributed by atoms with van der Waals surface area (Å²) in [4.78, 5) is 38.2. The molecule has 1 heterocycles. The molecule has 0 saturated carbocycles. The van der Waals surface area contributed by atoms with Crippen LogP contribution in [0.3, 0.4) is 0 Å². The van der Waals surface area contributed by atoms with Crippen molar-refractivity contribution in [2.24, 2.45) is 5.73 Å². The van der Waals surface area contributed by atoms with Gasteiger partial charge in [0.05, 0.1) is 6.61 Å². The van der Waals surface area contributed by atoms with Crippen LogP contribution in [0.5, 0.6) is 0 Å². The number of aryl methyl sites for hydroxylation is 2. The van der Waals surface area contributed by atoms with Crippen molar-refractivity contribution in [1.82, 2.24) is 15.6 Å². The Morgan fingerprint density at radius 3 is 2.57 bits per heavy atom. The summed E-state index contributed by atoms with van der Waals surface area (Å²) in [5.41, 5.74) is 8.96. The number of aromatic amines is 1. The molecule has 1 aromatic carbocycles. The molecule has 0 aliphatic rings. The third-order valence-electron chi connectivity index (χ3n) is 4.70. The van der Waals surface area contributed by atoms with E-state index < -0.39 is 6.09 Å². The summed E-state index contributed by atoms with van der Waals surface area (Å²) in [6.07, 6.45) is -0.181. The minimum Gasteiger partial charge on any atom is -0.450 e. The predicted octanol–water partition coefficient (Wildman–Crippen LogP) is 2.46. The van der Waals surface area contributed by atoms with E-state index in [1.165, 1.54) is 0 Å². The number of amides is 2. The number of pyridine rings is 1. The maximum atomic E-state index is 12.7. The van der Waals surface area contributed by atoms with Gasteiger partial charge in [-0.1, -0.05) is 11.6 Å². The van der Waals surface area contributed by atoms with Gasteiger partial charge in [-0.05, 0) is 68.6 Å². The zero-order valence-corrected chi connectivity index (χ0v) is 18.1. The lowest BCUT2D eigenvalue weighted by molar-refractivity contribution is 0.0950. The van der Waals surface area contributed by atoms with Crippen LogP contribution >= 0.6 is 11.6 Å². The Bertz CT molecular complexity index is 988. The first-order valence-corrected chi connectivity index (χ1v) is 9.96. The maximum absolute atomic E-state index is 12.7. The van der Waals surface area contributed by atoms with Crippen LogP contribution in [0.1, 0.15) is 44.7 Å². The van der Waals surface area contributed by atoms with Gasteiger partial charge in [0, 0.05) is 34.9 Å². The number of rotatable bonds is 9. The minimum atomic E-state index is -0.792. The first kappa shape index (κ1) is 23.4. The lowest BCUT2D eigenvalue weighted by Gasteiger charge is -2.14. The zero-order valence-electron chi connectivity index (χ0n) is 17.4. The summed E-state index contributed by atoms with van der Waals surface area (Å²) in [6.45, 7) is 6.97. The van der Waals surface area contributed by atoms with Gasteiger partial charge in [0.1, 0.15) is 0 Å². The van der Waals surface area contributed by atoms with Crippen molar-refractivity contribution in [1.29, 1.82) is 0 Å². The van der Waals surface area contributed by atoms with Gasteiger partial charge in [-0.2, -0.15) is 0 Å². The Labute approximate surface area is 180 Å². The summed E-state index contributed by atoms with van der Waals surface area (Å²) in [5.74, 6) is -0.300. The molecule has 0 radical (unpaired) electrons. The number of carbonyl (C=O) groups excluding carboxylic acids is 2. The highest BCUT2D eigenvalue weighted by atomic mass is 35.5. The second-order valence-electron chi connectivity index (χ2n) is 7.06. The first-order valence-electron chi connectivity index (χ1n) is 9.58. The molecule has 30 heavy (non-hydrogen) atoms. The molecule has 0 atom stereocenters. The lowest BCUT2D eigenvalue weighted by Crippen LogP contribution is -2.28. The van der Waals surface area contributed by atoms with Crippen molar-refractivity contribution in [2.45, 2.75) is 40.3 Å². The number of nitrogens with one attached hydrogen (secondary N) is 3. The van der Waals surface area contributed by atoms with Gasteiger partial charge < -0.3 is 26.1 Å². The van der Waals surface area contributed by atoms with Crippen molar-refractivity contribution in [3.63, 3.8) is 0 Å². The minimum absolute atomic E-state index is 0.125. The SMILES string of the molecule is Cc1cc(C)c(CNC(=O)c2cc(Cl)cc(CNCCCOC(N)=O)c2C)c(=O)[nH]1. The fourth-order valence-corrected chi connectivity index (χ4v) is 3.35. The van der Waals surface area contributed by atoms with Crippen LogP contribution in [0.15, 0.2) is 23.0 Å². The second kappa shape index (κ2) is 10.8. The number of halogens is 1. The molecule has 0 saturated heterocycles. The van der Waals surface area contributed by atoms with Crippen LogP contribution in [0.4, 0.5) is 4.79 Å². The molecule has 8 nitrogen and oxygen atoms in total. The number of nitrogens with two attached hydrogens (primary N) is 1. The third-order valence-corrected chi connectivity index (χ3v) is 4.92. The van der Waals surface area contributed by atoms with Crippen molar-refractivity contribution in [3.8, 4) is 0 Å². The normalized spacial score (nSPS) is 10.7. The van der Waals surface area contributed by atoms with E-state index in [2.05, 4.69) is 20.4 Å². The van der Waals surface area contributed by atoms with E-state index in [1.54, 1.807) is 12.1 Å². The zero-order chi connectivity index (χ0) is 22.3. The summed E-state index contributed by atoms with van der Waals surface area (Å²) < 4.78 is 4.67. The van der Waals surface area contributed by atoms with Crippen molar-refractivity contribution >= 4 is 23.6 Å². The van der Waals surface area contributed by atoms with E-state index in [9.17, 15) is 14.4 Å². The van der Waals surface area contributed by atoms with Crippen LogP contribution in [0.2, 0.25) is 5.02 Å². The Morgan fingerprint density at radius 2 is 1.90 bits per heavy atom. The first-order chi connectivity index (χ1) is 14.2. The summed E-state index contributed by atoms with van der Waals surface area (Å²) >= 11 is 6.21. The number of hydrogen-bond donors (Lipinski definition) is 4. The molecule has 9 heteroatoms. The van der Waals surface area contributed by atoms with Gasteiger partial charge in [0.25, 0.3) is 11.5 Å². The third kappa shape index (κ3) is 6.60. The predicted molar refractivity (Wildman–Crippen MR) is 116 cm³/mol. The van der Waals surface area contributed by atoms with Gasteiger partial charge in [-0.15, -0.1) is 0 Å². The highest BCUT2D eigenvalue weighted by Crippen LogP contribution is 2.21. The monoisotopic (exact) mass is 434 g/mol. The van der Waals surface area contributed by atoms with E-state index in [1.807, 2.05) is 26.8 Å². The Hall–Kier alpha value is -2.84. The standard InChI is InChI=1S/C21H27ClN4O4/c1-12-7-13(2)26-20(28)18(12)11-25-19(27)17-9-16(22)8-15(14(17)3)10-24-5-4-6-30-21(23)29/h7-9,24H,4-6,10-11H2,1-3H3,(H2,23,29)(H,25,27)(H,26,28). The summed E-state index contributed by atoms with van der Waals surface area (Å²) in [6, 6.07) is 5.28. The molecule has 0 spiro atoms. The van der Waals surface area contributed by atoms with Crippen molar-refractivity contribution in [2.75, 3.05) is 13.2 Å². The highest BCUT2D eigenvalue weighted by Gasteiger charge is 2.15. The topological polar surface area (TPSA) is 126 Å². The van der Waals surface area contributed by atoms with Crippen LogP contribution in [0.25, 0.3) is 0 Å². The van der Waals surface area contributed by atoms with Gasteiger partial charge in [-0.25, -0.2) is 4.79 Å². The van der Waals surface area contributed by atoms with E-state index in [0.717, 1.165) is 22.4 Å². The van der Waals surface area contributed by atoms with E-state index >= 15 is 0 Å². The molecule has 2 amide bonds. The van der Waals surface area contributed by atoms with Gasteiger partial charge in [0.15, 0.2) is 0 Å². The second-order valence-corrected chi connectivity index (χ2v) is 7.50. The Kier molecular flexibility index (Phi) is 8.44. The summed E-state index contributed by atoms with van der Waals surface area (Å²) in [5, 5.41) is 6.48. The molecule has 1 aromatic heterocycles. The largest absolute Gasteiger partial charge is 0.450 e. The van der Waals surface area contributed by atoms with Crippen LogP contribution < -0.4 is 21.9 Å². The van der Waals surface area contributed by atoms with E-state index in [-0.39, 0.29) is 24.6 Å². The molecular weight excluding hydrogens is 408 g/mol. The fraction of sp³-hybridized carbons (Fsp3) is 0.381. The molecule has 0 fully saturated rings. The van der Waals surface area contributed by atoms with Crippen molar-refractivity contribution < 1.29 is 14.3 Å². The molecule has 0 aliphatic carbocycles. The number of hydrogen-bond acceptors (Lipinski definition) is 5. The molecule has 2 rings (SSSR count). The molecule has 2 aromatic rings. The molecule has 0 aliphatic heterocycles. The lowest BCUT2D eigenvalue weighted by atomic mass is 10.0. The molecular formula is C21H27ClN4O4. The van der Waals surface area contributed by atoms with Gasteiger partial charge in [0.2, 0.25) is 0 Å². The number of H-pyrrole nitrogens is 1. The average molecular weight is 435 g/mol. The number of carbonyl (C=O) groups is 2. The van der Waals surface area contributed by atoms with Crippen LogP contribution in [-0.4, -0.2) is 30.1 Å². The van der Waals surface area contributed by atoms with E-state index in [4.69, 9.17) is 17.3 Å². The smallest absolute Gasteiger partial charge is 0.404 e. The molecule has 5 N–H and O–H groups in total. The number of ether oxygens (including phenoxy) is 1.